The van der Waals surface area contributed by atoms with Crippen LogP contribution in [0.2, 0.25) is 0 Å². The monoisotopic (exact) mass is 475 g/mol. The average Bonchev–Trinajstić information content (AvgIpc) is 3.49. The van der Waals surface area contributed by atoms with Crippen molar-refractivity contribution in [3.05, 3.63) is 81.9 Å². The lowest BCUT2D eigenvalue weighted by atomic mass is 9.96. The van der Waals surface area contributed by atoms with Gasteiger partial charge >= 0.3 is 0 Å². The van der Waals surface area contributed by atoms with Crippen molar-refractivity contribution < 1.29 is 13.9 Å². The molecule has 1 fully saturated rings. The van der Waals surface area contributed by atoms with E-state index in [1.54, 1.807) is 17.0 Å². The van der Waals surface area contributed by atoms with E-state index in [-0.39, 0.29) is 30.6 Å². The summed E-state index contributed by atoms with van der Waals surface area (Å²) in [5.74, 6) is 2.21. The van der Waals surface area contributed by atoms with E-state index < -0.39 is 0 Å². The van der Waals surface area contributed by atoms with Gasteiger partial charge in [-0.3, -0.25) is 9.69 Å². The van der Waals surface area contributed by atoms with Gasteiger partial charge in [-0.15, -0.1) is 10.2 Å². The fourth-order valence-electron chi connectivity index (χ4n) is 5.23. The highest BCUT2D eigenvalue weighted by molar-refractivity contribution is 5.84. The minimum absolute atomic E-state index is 0.0820. The van der Waals surface area contributed by atoms with E-state index in [0.717, 1.165) is 48.2 Å². The maximum Gasteiger partial charge on any atom is 0.255 e. The van der Waals surface area contributed by atoms with Crippen LogP contribution in [0.4, 0.5) is 4.39 Å². The smallest absolute Gasteiger partial charge is 0.255 e. The van der Waals surface area contributed by atoms with Crippen LogP contribution in [0.3, 0.4) is 0 Å². The van der Waals surface area contributed by atoms with Crippen molar-refractivity contribution in [3.8, 4) is 11.5 Å². The van der Waals surface area contributed by atoms with Crippen LogP contribution < -0.4 is 15.0 Å². The first-order chi connectivity index (χ1) is 17.0. The maximum atomic E-state index is 13.9. The minimum Gasteiger partial charge on any atom is -0.454 e. The first kappa shape index (κ1) is 21.8. The lowest BCUT2D eigenvalue weighted by Crippen LogP contribution is -2.37. The van der Waals surface area contributed by atoms with Crippen molar-refractivity contribution in [2.75, 3.05) is 19.9 Å². The Kier molecular flexibility index (Phi) is 5.49. The van der Waals surface area contributed by atoms with Gasteiger partial charge in [0.15, 0.2) is 11.5 Å². The summed E-state index contributed by atoms with van der Waals surface area (Å²) in [6, 6.07) is 12.1. The molecule has 2 aliphatic heterocycles. The van der Waals surface area contributed by atoms with Gasteiger partial charge in [0, 0.05) is 43.1 Å². The minimum atomic E-state index is -0.322. The number of hydrogen-bond donors (Lipinski definition) is 0. The highest BCUT2D eigenvalue weighted by atomic mass is 19.1. The zero-order chi connectivity index (χ0) is 23.9. The summed E-state index contributed by atoms with van der Waals surface area (Å²) >= 11 is 0. The van der Waals surface area contributed by atoms with Crippen molar-refractivity contribution in [3.63, 3.8) is 0 Å². The SMILES string of the molecule is Cn1cnnc1[C@@H]1CCCN(Cc2cc3cc4c(cc3n(Cc3cccc(F)c3)c2=O)OCO4)C1. The lowest BCUT2D eigenvalue weighted by Gasteiger charge is -2.32. The van der Waals surface area contributed by atoms with Crippen LogP contribution >= 0.6 is 0 Å². The van der Waals surface area contributed by atoms with E-state index in [2.05, 4.69) is 15.1 Å². The number of pyridine rings is 1. The van der Waals surface area contributed by atoms with Crippen molar-refractivity contribution in [1.29, 1.82) is 0 Å². The molecule has 0 amide bonds. The number of piperidine rings is 1. The molecular weight excluding hydrogens is 449 g/mol. The Hall–Kier alpha value is -3.72. The van der Waals surface area contributed by atoms with E-state index >= 15 is 0 Å². The van der Waals surface area contributed by atoms with Crippen LogP contribution in [0, 0.1) is 5.82 Å². The third-order valence-corrected chi connectivity index (χ3v) is 6.90. The molecule has 2 aromatic heterocycles. The van der Waals surface area contributed by atoms with Crippen LogP contribution in [0.1, 0.15) is 35.7 Å². The molecule has 0 unspecified atom stereocenters. The van der Waals surface area contributed by atoms with E-state index in [0.29, 0.717) is 23.6 Å². The Bertz CT molecular complexity index is 1460. The van der Waals surface area contributed by atoms with Gasteiger partial charge in [-0.25, -0.2) is 4.39 Å². The van der Waals surface area contributed by atoms with Crippen LogP contribution in [0.15, 0.2) is 53.6 Å². The number of fused-ring (bicyclic) bond motifs is 2. The molecule has 2 aliphatic rings. The molecule has 2 aromatic carbocycles. The Morgan fingerprint density at radius 1 is 1.11 bits per heavy atom. The lowest BCUT2D eigenvalue weighted by molar-refractivity contribution is 0.174. The van der Waals surface area contributed by atoms with Gasteiger partial charge in [0.25, 0.3) is 5.56 Å². The zero-order valence-corrected chi connectivity index (χ0v) is 19.5. The van der Waals surface area contributed by atoms with Gasteiger partial charge in [-0.05, 0) is 49.2 Å². The number of ether oxygens (including phenoxy) is 2. The maximum absolute atomic E-state index is 13.9. The fraction of sp³-hybridized carbons (Fsp3) is 0.346. The standard InChI is InChI=1S/C26H26FN5O3/c1-30-15-28-29-25(30)18-5-3-7-31(13-18)14-20-9-19-10-23-24(35-16-34-23)11-22(19)32(26(20)33)12-17-4-2-6-21(27)8-17/h2,4,6,8-11,15,18H,3,5,7,12-14,16H2,1H3/t18-/m1/s1. The first-order valence-corrected chi connectivity index (χ1v) is 11.8. The Morgan fingerprint density at radius 3 is 2.77 bits per heavy atom. The molecule has 0 spiro atoms. The van der Waals surface area contributed by atoms with E-state index in [1.807, 2.05) is 35.9 Å². The molecule has 1 atom stereocenters. The molecule has 9 heteroatoms. The number of rotatable bonds is 5. The third kappa shape index (κ3) is 4.16. The van der Waals surface area contributed by atoms with Crippen LogP contribution in [-0.4, -0.2) is 44.1 Å². The largest absolute Gasteiger partial charge is 0.454 e. The summed E-state index contributed by atoms with van der Waals surface area (Å²) in [6.45, 7) is 2.68. The second-order valence-electron chi connectivity index (χ2n) is 9.33. The van der Waals surface area contributed by atoms with E-state index in [9.17, 15) is 9.18 Å². The Labute approximate surface area is 201 Å². The van der Waals surface area contributed by atoms with Gasteiger partial charge in [0.1, 0.15) is 18.0 Å². The summed E-state index contributed by atoms with van der Waals surface area (Å²) < 4.78 is 28.7. The van der Waals surface area contributed by atoms with Crippen LogP contribution in [0.5, 0.6) is 11.5 Å². The normalized spacial score (nSPS) is 17.8. The molecule has 6 rings (SSSR count). The predicted molar refractivity (Wildman–Crippen MR) is 128 cm³/mol. The third-order valence-electron chi connectivity index (χ3n) is 6.90. The summed E-state index contributed by atoms with van der Waals surface area (Å²) in [6.07, 6.45) is 3.81. The number of halogens is 1. The van der Waals surface area contributed by atoms with Gasteiger partial charge in [0.05, 0.1) is 12.1 Å². The predicted octanol–water partition coefficient (Wildman–Crippen LogP) is 3.43. The fourth-order valence-corrected chi connectivity index (χ4v) is 5.23. The second-order valence-corrected chi connectivity index (χ2v) is 9.33. The van der Waals surface area contributed by atoms with Crippen molar-refractivity contribution in [1.82, 2.24) is 24.2 Å². The Balaban J connectivity index is 1.38. The van der Waals surface area contributed by atoms with Gasteiger partial charge in [-0.1, -0.05) is 12.1 Å². The van der Waals surface area contributed by atoms with Gasteiger partial charge < -0.3 is 18.6 Å². The molecular formula is C26H26FN5O3. The molecule has 8 nitrogen and oxygen atoms in total. The number of aryl methyl sites for hydroxylation is 1. The summed E-state index contributed by atoms with van der Waals surface area (Å²) in [5, 5.41) is 9.23. The number of hydrogen-bond acceptors (Lipinski definition) is 6. The quantitative estimate of drug-likeness (QED) is 0.440. The van der Waals surface area contributed by atoms with Gasteiger partial charge in [-0.2, -0.15) is 0 Å². The molecule has 0 radical (unpaired) electrons. The summed E-state index contributed by atoms with van der Waals surface area (Å²) in [4.78, 5) is 16.1. The first-order valence-electron chi connectivity index (χ1n) is 11.8. The topological polar surface area (TPSA) is 74.4 Å². The second kappa shape index (κ2) is 8.81. The highest BCUT2D eigenvalue weighted by Crippen LogP contribution is 2.36. The molecule has 180 valence electrons. The molecule has 0 N–H and O–H groups in total. The molecule has 4 aromatic rings. The molecule has 35 heavy (non-hydrogen) atoms. The van der Waals surface area contributed by atoms with Crippen LogP contribution in [0.25, 0.3) is 10.9 Å². The number of nitrogens with zero attached hydrogens (tertiary/aromatic N) is 5. The summed E-state index contributed by atoms with van der Waals surface area (Å²) in [5.41, 5.74) is 2.08. The van der Waals surface area contributed by atoms with Gasteiger partial charge in [0.2, 0.25) is 6.79 Å². The van der Waals surface area contributed by atoms with Crippen molar-refractivity contribution in [2.24, 2.45) is 7.05 Å². The number of aromatic nitrogens is 4. The number of benzene rings is 2. The number of likely N-dealkylation sites (tertiary alicyclic amines) is 1. The molecule has 0 aliphatic carbocycles. The van der Waals surface area contributed by atoms with E-state index in [1.165, 1.54) is 12.1 Å². The molecule has 0 saturated carbocycles. The summed E-state index contributed by atoms with van der Waals surface area (Å²) in [7, 11) is 1.97. The van der Waals surface area contributed by atoms with Crippen molar-refractivity contribution >= 4 is 10.9 Å². The van der Waals surface area contributed by atoms with Crippen LogP contribution in [-0.2, 0) is 20.1 Å². The molecule has 0 bridgehead atoms. The molecule has 4 heterocycles. The van der Waals surface area contributed by atoms with E-state index in [4.69, 9.17) is 9.47 Å². The van der Waals surface area contributed by atoms with Crippen molar-refractivity contribution in [2.45, 2.75) is 31.8 Å². The molecule has 1 saturated heterocycles. The highest BCUT2D eigenvalue weighted by Gasteiger charge is 2.26. The zero-order valence-electron chi connectivity index (χ0n) is 19.5. The average molecular weight is 476 g/mol. The Morgan fingerprint density at radius 2 is 1.97 bits per heavy atom.